The first kappa shape index (κ1) is 25.8. The first-order chi connectivity index (χ1) is 17.3. The SMILES string of the molecule is CCCCCOc1cccc([C@@H]2C(=C(O)c3ccc4c(c3)C[C@@H](C)O4)C(=O)C(=O)N2CCN(C)C)c1. The molecule has 2 aliphatic rings. The van der Waals surface area contributed by atoms with Crippen molar-refractivity contribution in [2.24, 2.45) is 0 Å². The van der Waals surface area contributed by atoms with Gasteiger partial charge >= 0.3 is 0 Å². The number of nitrogens with zero attached hydrogens (tertiary/aromatic N) is 2. The quantitative estimate of drug-likeness (QED) is 0.227. The van der Waals surface area contributed by atoms with E-state index < -0.39 is 17.7 Å². The number of likely N-dealkylation sites (N-methyl/N-ethyl adjacent to an activating group) is 1. The molecular weight excluding hydrogens is 456 g/mol. The van der Waals surface area contributed by atoms with Gasteiger partial charge in [0.05, 0.1) is 18.2 Å². The minimum Gasteiger partial charge on any atom is -0.507 e. The van der Waals surface area contributed by atoms with E-state index in [1.807, 2.05) is 62.3 Å². The summed E-state index contributed by atoms with van der Waals surface area (Å²) in [6, 6.07) is 12.2. The molecule has 0 unspecified atom stereocenters. The number of hydrogen-bond acceptors (Lipinski definition) is 6. The molecule has 7 nitrogen and oxygen atoms in total. The van der Waals surface area contributed by atoms with Crippen molar-refractivity contribution in [2.75, 3.05) is 33.8 Å². The van der Waals surface area contributed by atoms with Crippen LogP contribution in [-0.4, -0.2) is 66.5 Å². The second-order valence-electron chi connectivity index (χ2n) is 9.88. The Kier molecular flexibility index (Phi) is 7.99. The average Bonchev–Trinajstić information content (AvgIpc) is 3.35. The van der Waals surface area contributed by atoms with Crippen LogP contribution in [0.25, 0.3) is 5.76 Å². The molecule has 1 amide bonds. The molecule has 2 heterocycles. The van der Waals surface area contributed by atoms with Crippen LogP contribution in [0.2, 0.25) is 0 Å². The molecule has 0 bridgehead atoms. The second kappa shape index (κ2) is 11.2. The maximum absolute atomic E-state index is 13.3. The maximum atomic E-state index is 13.3. The van der Waals surface area contributed by atoms with Crippen LogP contribution >= 0.6 is 0 Å². The fraction of sp³-hybridized carbons (Fsp3) is 0.448. The fourth-order valence-electron chi connectivity index (χ4n) is 4.81. The van der Waals surface area contributed by atoms with E-state index in [1.54, 1.807) is 11.0 Å². The number of ether oxygens (including phenoxy) is 2. The smallest absolute Gasteiger partial charge is 0.295 e. The minimum absolute atomic E-state index is 0.0640. The predicted molar refractivity (Wildman–Crippen MR) is 139 cm³/mol. The van der Waals surface area contributed by atoms with Gasteiger partial charge in [0.1, 0.15) is 23.4 Å². The van der Waals surface area contributed by atoms with Crippen LogP contribution in [0.5, 0.6) is 11.5 Å². The van der Waals surface area contributed by atoms with Gasteiger partial charge in [-0.05, 0) is 68.9 Å². The number of ketones is 1. The number of hydrogen-bond donors (Lipinski definition) is 1. The molecule has 0 aliphatic carbocycles. The number of benzene rings is 2. The fourth-order valence-corrected chi connectivity index (χ4v) is 4.81. The zero-order valence-electron chi connectivity index (χ0n) is 21.6. The zero-order valence-corrected chi connectivity index (χ0v) is 21.6. The van der Waals surface area contributed by atoms with Crippen LogP contribution in [0, 0.1) is 0 Å². The van der Waals surface area contributed by atoms with Gasteiger partial charge in [0.25, 0.3) is 11.7 Å². The van der Waals surface area contributed by atoms with Gasteiger partial charge in [-0.1, -0.05) is 31.9 Å². The van der Waals surface area contributed by atoms with Gasteiger partial charge in [-0.25, -0.2) is 0 Å². The Hall–Kier alpha value is -3.32. The summed E-state index contributed by atoms with van der Waals surface area (Å²) in [5.74, 6) is 0.0363. The van der Waals surface area contributed by atoms with E-state index in [9.17, 15) is 14.7 Å². The van der Waals surface area contributed by atoms with Crippen molar-refractivity contribution in [1.82, 2.24) is 9.80 Å². The molecule has 0 saturated carbocycles. The Balaban J connectivity index is 1.74. The van der Waals surface area contributed by atoms with Crippen LogP contribution < -0.4 is 9.47 Å². The van der Waals surface area contributed by atoms with Gasteiger partial charge in [-0.3, -0.25) is 9.59 Å². The van der Waals surface area contributed by atoms with E-state index in [4.69, 9.17) is 9.47 Å². The predicted octanol–water partition coefficient (Wildman–Crippen LogP) is 4.56. The van der Waals surface area contributed by atoms with Gasteiger partial charge < -0.3 is 24.4 Å². The largest absolute Gasteiger partial charge is 0.507 e. The molecule has 192 valence electrons. The number of aliphatic hydroxyl groups is 1. The topological polar surface area (TPSA) is 79.3 Å². The molecule has 1 fully saturated rings. The van der Waals surface area contributed by atoms with E-state index >= 15 is 0 Å². The number of carbonyl (C=O) groups excluding carboxylic acids is 2. The molecule has 36 heavy (non-hydrogen) atoms. The van der Waals surface area contributed by atoms with Crippen LogP contribution in [0.1, 0.15) is 55.8 Å². The summed E-state index contributed by atoms with van der Waals surface area (Å²) >= 11 is 0. The van der Waals surface area contributed by atoms with Gasteiger partial charge in [-0.15, -0.1) is 0 Å². The van der Waals surface area contributed by atoms with Crippen LogP contribution in [0.15, 0.2) is 48.0 Å². The van der Waals surface area contributed by atoms with Crippen LogP contribution in [-0.2, 0) is 16.0 Å². The number of unbranched alkanes of at least 4 members (excludes halogenated alkanes) is 2. The zero-order chi connectivity index (χ0) is 25.8. The molecule has 4 rings (SSSR count). The van der Waals surface area contributed by atoms with Crippen LogP contribution in [0.3, 0.4) is 0 Å². The third-order valence-electron chi connectivity index (χ3n) is 6.69. The average molecular weight is 493 g/mol. The maximum Gasteiger partial charge on any atom is 0.295 e. The van der Waals surface area contributed by atoms with E-state index in [-0.39, 0.29) is 17.4 Å². The van der Waals surface area contributed by atoms with Crippen molar-refractivity contribution in [2.45, 2.75) is 51.7 Å². The second-order valence-corrected chi connectivity index (χ2v) is 9.88. The minimum atomic E-state index is -0.701. The summed E-state index contributed by atoms with van der Waals surface area (Å²) in [6.07, 6.45) is 3.96. The summed E-state index contributed by atoms with van der Waals surface area (Å²) in [7, 11) is 3.84. The Morgan fingerprint density at radius 2 is 1.97 bits per heavy atom. The Bertz CT molecular complexity index is 1160. The van der Waals surface area contributed by atoms with Crippen molar-refractivity contribution < 1.29 is 24.2 Å². The standard InChI is InChI=1S/C29H36N2O5/c1-5-6-7-15-35-23-10-8-9-20(18-23)26-25(28(33)29(34)31(26)14-13-30(3)4)27(32)21-11-12-24-22(17-21)16-19(2)36-24/h8-12,17-19,26,32H,5-7,13-16H2,1-4H3/t19-,26-/m1/s1. The Morgan fingerprint density at radius 1 is 1.17 bits per heavy atom. The van der Waals surface area contributed by atoms with Crippen molar-refractivity contribution in [3.8, 4) is 11.5 Å². The van der Waals surface area contributed by atoms with Crippen molar-refractivity contribution in [1.29, 1.82) is 0 Å². The summed E-state index contributed by atoms with van der Waals surface area (Å²) in [6.45, 7) is 5.69. The number of amides is 1. The lowest BCUT2D eigenvalue weighted by molar-refractivity contribution is -0.140. The molecule has 2 aliphatic heterocycles. The normalized spacial score (nSPS) is 20.6. The lowest BCUT2D eigenvalue weighted by atomic mass is 9.94. The van der Waals surface area contributed by atoms with Crippen molar-refractivity contribution in [3.05, 3.63) is 64.7 Å². The molecule has 2 atom stereocenters. The molecular formula is C29H36N2O5. The third-order valence-corrected chi connectivity index (χ3v) is 6.69. The number of carbonyl (C=O) groups is 2. The van der Waals surface area contributed by atoms with Crippen LogP contribution in [0.4, 0.5) is 0 Å². The number of rotatable bonds is 10. The van der Waals surface area contributed by atoms with Crippen molar-refractivity contribution >= 4 is 17.4 Å². The number of likely N-dealkylation sites (tertiary alicyclic amines) is 1. The molecule has 0 aromatic heterocycles. The highest BCUT2D eigenvalue weighted by Gasteiger charge is 2.46. The van der Waals surface area contributed by atoms with Gasteiger partial charge in [-0.2, -0.15) is 0 Å². The molecule has 1 saturated heterocycles. The highest BCUT2D eigenvalue weighted by atomic mass is 16.5. The molecule has 1 N–H and O–H groups in total. The van der Waals surface area contributed by atoms with E-state index in [0.29, 0.717) is 31.0 Å². The van der Waals surface area contributed by atoms with Crippen molar-refractivity contribution in [3.63, 3.8) is 0 Å². The van der Waals surface area contributed by atoms with Gasteiger partial charge in [0, 0.05) is 25.1 Å². The lowest BCUT2D eigenvalue weighted by Crippen LogP contribution is -2.35. The van der Waals surface area contributed by atoms with E-state index in [1.165, 1.54) is 0 Å². The van der Waals surface area contributed by atoms with E-state index in [2.05, 4.69) is 6.92 Å². The number of fused-ring (bicyclic) bond motifs is 1. The van der Waals surface area contributed by atoms with Gasteiger partial charge in [0.2, 0.25) is 0 Å². The number of aliphatic hydroxyl groups excluding tert-OH is 1. The first-order valence-corrected chi connectivity index (χ1v) is 12.8. The highest BCUT2D eigenvalue weighted by Crippen LogP contribution is 2.41. The molecule has 7 heteroatoms. The summed E-state index contributed by atoms with van der Waals surface area (Å²) < 4.78 is 11.7. The molecule has 2 aromatic carbocycles. The summed E-state index contributed by atoms with van der Waals surface area (Å²) in [5, 5.41) is 11.4. The Labute approximate surface area is 213 Å². The van der Waals surface area contributed by atoms with Gasteiger partial charge in [0.15, 0.2) is 0 Å². The summed E-state index contributed by atoms with van der Waals surface area (Å²) in [5.41, 5.74) is 2.33. The summed E-state index contributed by atoms with van der Waals surface area (Å²) in [4.78, 5) is 30.0. The number of Topliss-reactive ketones (excluding diaryl/α,β-unsaturated/α-hetero) is 1. The molecule has 2 aromatic rings. The lowest BCUT2D eigenvalue weighted by Gasteiger charge is -2.27. The Morgan fingerprint density at radius 3 is 2.72 bits per heavy atom. The molecule has 0 spiro atoms. The molecule has 0 radical (unpaired) electrons. The third kappa shape index (κ3) is 5.41. The monoisotopic (exact) mass is 492 g/mol. The highest BCUT2D eigenvalue weighted by molar-refractivity contribution is 6.46. The van der Waals surface area contributed by atoms with E-state index in [0.717, 1.165) is 42.6 Å². The first-order valence-electron chi connectivity index (χ1n) is 12.8.